The van der Waals surface area contributed by atoms with Crippen LogP contribution in [0.25, 0.3) is 0 Å². The average molecular weight is 245 g/mol. The topological polar surface area (TPSA) is 116 Å². The fraction of sp³-hybridized carbons (Fsp3) is 0. The molecule has 13 heteroatoms. The Hall–Kier alpha value is -0.910. The molecule has 2 bridgehead atoms. The first-order valence-corrected chi connectivity index (χ1v) is 5.77. The van der Waals surface area contributed by atoms with Gasteiger partial charge in [-0.15, -0.1) is 9.25 Å². The third kappa shape index (κ3) is 1.03. The number of hydrogen-bond acceptors (Lipinski definition) is 11. The van der Waals surface area contributed by atoms with Crippen molar-refractivity contribution in [2.75, 3.05) is 0 Å². The summed E-state index contributed by atoms with van der Waals surface area (Å²) in [7, 11) is -7.61. The van der Waals surface area contributed by atoms with E-state index in [1.807, 2.05) is 0 Å². The Kier molecular flexibility index (Phi) is 1.31. The Morgan fingerprint density at radius 3 is 2.29 bits per heavy atom. The van der Waals surface area contributed by atoms with Gasteiger partial charge in [-0.2, -0.15) is 8.42 Å². The van der Waals surface area contributed by atoms with Gasteiger partial charge in [-0.3, -0.25) is 4.62 Å². The minimum atomic E-state index is -4.02. The van der Waals surface area contributed by atoms with Crippen LogP contribution in [0.2, 0.25) is 0 Å². The summed E-state index contributed by atoms with van der Waals surface area (Å²) in [5, 5.41) is 4.03. The maximum absolute atomic E-state index is 10.9. The Balaban J connectivity index is 1.80. The standard InChI is InChI=1S/CN3O8PS/c5-13-8-2-1(3(9-13)10-13)4-11-14(6,7)12-4. The molecule has 0 N–H and O–H groups in total. The van der Waals surface area contributed by atoms with E-state index in [1.54, 1.807) is 0 Å². The molecule has 0 amide bonds. The molecule has 0 aliphatic carbocycles. The quantitative estimate of drug-likeness (QED) is 0.491. The number of oxime groups is 1. The van der Waals surface area contributed by atoms with Crippen LogP contribution in [-0.4, -0.2) is 24.8 Å². The van der Waals surface area contributed by atoms with Gasteiger partial charge < -0.3 is 0 Å². The Morgan fingerprint density at radius 1 is 1.21 bits per heavy atom. The van der Waals surface area contributed by atoms with E-state index < -0.39 is 24.2 Å². The summed E-state index contributed by atoms with van der Waals surface area (Å²) in [6.45, 7) is 0. The highest BCUT2D eigenvalue weighted by molar-refractivity contribution is 7.82. The number of rotatable bonds is 0. The van der Waals surface area contributed by atoms with Gasteiger partial charge in [0.05, 0.1) is 0 Å². The molecule has 78 valence electrons. The van der Waals surface area contributed by atoms with Gasteiger partial charge in [0.2, 0.25) is 0 Å². The molecule has 2 fully saturated rings. The van der Waals surface area contributed by atoms with Gasteiger partial charge in [-0.25, -0.2) is 4.57 Å². The van der Waals surface area contributed by atoms with Crippen LogP contribution in [0.15, 0.2) is 5.16 Å². The summed E-state index contributed by atoms with van der Waals surface area (Å²) < 4.78 is 52.9. The minimum absolute atomic E-state index is 0.345. The molecule has 4 aliphatic heterocycles. The fourth-order valence-electron chi connectivity index (χ4n) is 0.749. The smallest absolute Gasteiger partial charge is 0.285 e. The Labute approximate surface area is 76.1 Å². The van der Waals surface area contributed by atoms with Gasteiger partial charge in [-0.05, 0) is 10.4 Å². The van der Waals surface area contributed by atoms with Gasteiger partial charge >= 0.3 is 24.2 Å². The molecule has 14 heavy (non-hydrogen) atoms. The predicted octanol–water partition coefficient (Wildman–Crippen LogP) is -1.00. The van der Waals surface area contributed by atoms with Crippen LogP contribution in [0.3, 0.4) is 0 Å². The first-order chi connectivity index (χ1) is 6.48. The lowest BCUT2D eigenvalue weighted by Gasteiger charge is -2.40. The minimum Gasteiger partial charge on any atom is -0.285 e. The lowest BCUT2D eigenvalue weighted by molar-refractivity contribution is -0.358. The van der Waals surface area contributed by atoms with Crippen molar-refractivity contribution in [1.29, 1.82) is 0 Å². The molecule has 4 aliphatic rings. The average Bonchev–Trinajstić information content (AvgIpc) is 1.98. The SMILES string of the molecule is O=P12ON=C(N3OS(=O)(=O)O3)N(O1)O2. The second-order valence-corrected chi connectivity index (χ2v) is 4.65. The molecule has 11 nitrogen and oxygen atoms in total. The largest absolute Gasteiger partial charge is 0.599 e. The summed E-state index contributed by atoms with van der Waals surface area (Å²) >= 11 is 0. The highest BCUT2D eigenvalue weighted by Gasteiger charge is 2.58. The van der Waals surface area contributed by atoms with Crippen molar-refractivity contribution in [3.63, 3.8) is 0 Å². The van der Waals surface area contributed by atoms with Crippen molar-refractivity contribution in [3.8, 4) is 0 Å². The highest BCUT2D eigenvalue weighted by atomic mass is 32.3. The molecule has 0 aromatic carbocycles. The maximum atomic E-state index is 10.9. The van der Waals surface area contributed by atoms with E-state index in [0.29, 0.717) is 10.5 Å². The van der Waals surface area contributed by atoms with E-state index in [9.17, 15) is 13.0 Å². The number of hydrogen-bond donors (Lipinski definition) is 0. The van der Waals surface area contributed by atoms with E-state index in [2.05, 4.69) is 27.6 Å². The van der Waals surface area contributed by atoms with Crippen LogP contribution in [-0.2, 0) is 37.4 Å². The molecule has 0 radical (unpaired) electrons. The maximum Gasteiger partial charge on any atom is 0.599 e. The zero-order chi connectivity index (χ0) is 9.97. The Bertz CT molecular complexity index is 445. The molecule has 0 unspecified atom stereocenters. The first kappa shape index (κ1) is 8.40. The lowest BCUT2D eigenvalue weighted by atomic mass is 11.0. The normalized spacial score (nSPS) is 31.0. The number of nitrogens with zero attached hydrogens (tertiary/aromatic N) is 3. The van der Waals surface area contributed by atoms with Gasteiger partial charge in [0.15, 0.2) is 0 Å². The molecule has 0 aromatic rings. The molecule has 0 saturated carbocycles. The summed E-state index contributed by atoms with van der Waals surface area (Å²) in [6.07, 6.45) is 0. The third-order valence-electron chi connectivity index (χ3n) is 1.22. The molecular weight excluding hydrogens is 245 g/mol. The monoisotopic (exact) mass is 245 g/mol. The van der Waals surface area contributed by atoms with Crippen molar-refractivity contribution in [1.82, 2.24) is 10.5 Å². The van der Waals surface area contributed by atoms with E-state index in [4.69, 9.17) is 0 Å². The number of phosphoric acid groups is 1. The summed E-state index contributed by atoms with van der Waals surface area (Å²) in [6, 6.07) is 0. The van der Waals surface area contributed by atoms with E-state index in [0.717, 1.165) is 0 Å². The van der Waals surface area contributed by atoms with Gasteiger partial charge in [0.1, 0.15) is 0 Å². The van der Waals surface area contributed by atoms with Crippen molar-refractivity contribution in [3.05, 3.63) is 0 Å². The molecule has 0 aromatic heterocycles. The number of fused-ring (bicyclic) bond motifs is 1. The van der Waals surface area contributed by atoms with Crippen LogP contribution in [0.1, 0.15) is 0 Å². The van der Waals surface area contributed by atoms with E-state index in [1.165, 1.54) is 0 Å². The molecule has 0 spiro atoms. The van der Waals surface area contributed by atoms with Crippen molar-refractivity contribution in [2.24, 2.45) is 5.16 Å². The zero-order valence-corrected chi connectivity index (χ0v) is 7.67. The van der Waals surface area contributed by atoms with Crippen LogP contribution in [0.5, 0.6) is 0 Å². The number of hydroxylamine groups is 4. The first-order valence-electron chi connectivity index (χ1n) is 2.98. The Morgan fingerprint density at radius 2 is 1.86 bits per heavy atom. The van der Waals surface area contributed by atoms with Crippen molar-refractivity contribution >= 4 is 24.2 Å². The second-order valence-electron chi connectivity index (χ2n) is 2.15. The number of guanidine groups is 1. The van der Waals surface area contributed by atoms with E-state index >= 15 is 0 Å². The van der Waals surface area contributed by atoms with Gasteiger partial charge in [0, 0.05) is 0 Å². The van der Waals surface area contributed by atoms with Crippen LogP contribution in [0.4, 0.5) is 0 Å². The lowest BCUT2D eigenvalue weighted by Crippen LogP contribution is -2.56. The molecule has 4 rings (SSSR count). The van der Waals surface area contributed by atoms with Crippen LogP contribution >= 0.6 is 7.82 Å². The summed E-state index contributed by atoms with van der Waals surface area (Å²) in [4.78, 5) is 0. The van der Waals surface area contributed by atoms with Crippen LogP contribution < -0.4 is 0 Å². The molecule has 4 heterocycles. The fourth-order valence-corrected chi connectivity index (χ4v) is 1.98. The molecular formula is CN3O8PS. The third-order valence-corrected chi connectivity index (χ3v) is 2.83. The van der Waals surface area contributed by atoms with Crippen molar-refractivity contribution in [2.45, 2.75) is 0 Å². The molecule has 0 atom stereocenters. The highest BCUT2D eigenvalue weighted by Crippen LogP contribution is 2.62. The van der Waals surface area contributed by atoms with Gasteiger partial charge in [-0.1, -0.05) is 13.8 Å². The van der Waals surface area contributed by atoms with Crippen LogP contribution in [0, 0.1) is 0 Å². The van der Waals surface area contributed by atoms with E-state index in [-0.39, 0.29) is 0 Å². The molecule has 2 saturated heterocycles. The second kappa shape index (κ2) is 2.18. The van der Waals surface area contributed by atoms with Gasteiger partial charge in [0.25, 0.3) is 0 Å². The summed E-state index contributed by atoms with van der Waals surface area (Å²) in [5.74, 6) is -0.391. The zero-order valence-electron chi connectivity index (χ0n) is 5.96. The predicted molar refractivity (Wildman–Crippen MR) is 33.1 cm³/mol. The summed E-state index contributed by atoms with van der Waals surface area (Å²) in [5.41, 5.74) is 0. The van der Waals surface area contributed by atoms with Crippen molar-refractivity contribution < 1.29 is 35.4 Å².